The minimum Gasteiger partial charge on any atom is -0.468 e. The summed E-state index contributed by atoms with van der Waals surface area (Å²) in [5.41, 5.74) is 5.32. The van der Waals surface area contributed by atoms with Crippen LogP contribution in [0.25, 0.3) is 0 Å². The first kappa shape index (κ1) is 13.5. The molecule has 0 spiro atoms. The Hall–Kier alpha value is -0.610. The topological polar surface area (TPSA) is 55.6 Å². The van der Waals surface area contributed by atoms with E-state index in [1.54, 1.807) is 0 Å². The molecule has 4 heteroatoms. The molecule has 0 radical (unpaired) electrons. The molecule has 0 aliphatic heterocycles. The maximum atomic E-state index is 11.6. The van der Waals surface area contributed by atoms with E-state index >= 15 is 0 Å². The van der Waals surface area contributed by atoms with Gasteiger partial charge in [-0.3, -0.25) is 4.79 Å². The van der Waals surface area contributed by atoms with Gasteiger partial charge in [-0.1, -0.05) is 6.92 Å². The highest BCUT2D eigenvalue weighted by atomic mass is 16.5. The van der Waals surface area contributed by atoms with Gasteiger partial charge < -0.3 is 15.4 Å². The number of nitrogens with two attached hydrogens (primary N) is 1. The summed E-state index contributed by atoms with van der Waals surface area (Å²) in [6, 6.07) is 0.934. The van der Waals surface area contributed by atoms with E-state index in [9.17, 15) is 4.79 Å². The highest BCUT2D eigenvalue weighted by Crippen LogP contribution is 2.32. The molecule has 1 saturated carbocycles. The third-order valence-electron chi connectivity index (χ3n) is 3.98. The van der Waals surface area contributed by atoms with E-state index in [0.29, 0.717) is 18.5 Å². The fourth-order valence-corrected chi connectivity index (χ4v) is 2.43. The van der Waals surface area contributed by atoms with Gasteiger partial charge in [-0.15, -0.1) is 0 Å². The molecule has 2 N–H and O–H groups in total. The summed E-state index contributed by atoms with van der Waals surface area (Å²) < 4.78 is 4.77. The summed E-state index contributed by atoms with van der Waals surface area (Å²) >= 11 is 0. The maximum absolute atomic E-state index is 11.6. The van der Waals surface area contributed by atoms with Gasteiger partial charge in [0.1, 0.15) is 5.54 Å². The van der Waals surface area contributed by atoms with Crippen LogP contribution in [0.1, 0.15) is 39.5 Å². The van der Waals surface area contributed by atoms with Crippen molar-refractivity contribution in [2.45, 2.75) is 57.2 Å². The lowest BCUT2D eigenvalue weighted by molar-refractivity contribution is -0.147. The van der Waals surface area contributed by atoms with Crippen molar-refractivity contribution in [3.05, 3.63) is 0 Å². The number of ether oxygens (including phenoxy) is 1. The lowest BCUT2D eigenvalue weighted by atomic mass is 9.99. The summed E-state index contributed by atoms with van der Waals surface area (Å²) in [6.07, 6.45) is 3.53. The van der Waals surface area contributed by atoms with E-state index in [1.165, 1.54) is 7.11 Å². The zero-order chi connectivity index (χ0) is 12.3. The van der Waals surface area contributed by atoms with Crippen LogP contribution in [0.3, 0.4) is 0 Å². The molecule has 3 unspecified atom stereocenters. The van der Waals surface area contributed by atoms with Crippen LogP contribution in [0.4, 0.5) is 0 Å². The maximum Gasteiger partial charge on any atom is 0.325 e. The summed E-state index contributed by atoms with van der Waals surface area (Å²) in [5.74, 6) is -0.271. The lowest BCUT2D eigenvalue weighted by Gasteiger charge is -2.31. The molecule has 0 saturated heterocycles. The van der Waals surface area contributed by atoms with Crippen LogP contribution in [-0.4, -0.2) is 42.6 Å². The first-order chi connectivity index (χ1) is 7.44. The van der Waals surface area contributed by atoms with E-state index in [-0.39, 0.29) is 5.97 Å². The number of nitrogens with zero attached hydrogens (tertiary/aromatic N) is 1. The second-order valence-electron chi connectivity index (χ2n) is 4.97. The molecule has 3 atom stereocenters. The van der Waals surface area contributed by atoms with Gasteiger partial charge in [-0.2, -0.15) is 0 Å². The molecule has 1 aliphatic rings. The average molecular weight is 228 g/mol. The van der Waals surface area contributed by atoms with Crippen LogP contribution < -0.4 is 5.73 Å². The van der Waals surface area contributed by atoms with Crippen LogP contribution in [-0.2, 0) is 9.53 Å². The molecule has 0 aromatic heterocycles. The van der Waals surface area contributed by atoms with E-state index in [1.807, 2.05) is 0 Å². The molecule has 94 valence electrons. The monoisotopic (exact) mass is 228 g/mol. The third kappa shape index (κ3) is 2.55. The zero-order valence-corrected chi connectivity index (χ0v) is 10.8. The van der Waals surface area contributed by atoms with Crippen molar-refractivity contribution in [1.29, 1.82) is 0 Å². The Kier molecular flexibility index (Phi) is 4.33. The summed E-state index contributed by atoms with van der Waals surface area (Å²) in [6.45, 7) is 4.38. The Morgan fingerprint density at radius 3 is 2.81 bits per heavy atom. The van der Waals surface area contributed by atoms with Gasteiger partial charge in [0.25, 0.3) is 0 Å². The van der Waals surface area contributed by atoms with Crippen molar-refractivity contribution >= 4 is 5.97 Å². The van der Waals surface area contributed by atoms with Crippen LogP contribution in [0.15, 0.2) is 0 Å². The minimum absolute atomic E-state index is 0.271. The Bertz CT molecular complexity index is 257. The number of methoxy groups -OCH3 is 1. The first-order valence-electron chi connectivity index (χ1n) is 6.04. The van der Waals surface area contributed by atoms with Gasteiger partial charge in [-0.25, -0.2) is 0 Å². The number of hydrogen-bond donors (Lipinski definition) is 1. The molecule has 0 heterocycles. The van der Waals surface area contributed by atoms with Crippen LogP contribution in [0.2, 0.25) is 0 Å². The second-order valence-corrected chi connectivity index (χ2v) is 4.97. The molecule has 1 aliphatic carbocycles. The quantitative estimate of drug-likeness (QED) is 0.733. The molecule has 0 amide bonds. The molecular formula is C12H24N2O2. The average Bonchev–Trinajstić information content (AvgIpc) is 2.70. The summed E-state index contributed by atoms with van der Waals surface area (Å²) in [5, 5.41) is 0. The van der Waals surface area contributed by atoms with Crippen LogP contribution in [0.5, 0.6) is 0 Å². The van der Waals surface area contributed by atoms with Gasteiger partial charge in [-0.05, 0) is 39.7 Å². The number of hydrogen-bond acceptors (Lipinski definition) is 4. The summed E-state index contributed by atoms with van der Waals surface area (Å²) in [4.78, 5) is 13.9. The Morgan fingerprint density at radius 1 is 1.69 bits per heavy atom. The standard InChI is InChI=1S/C12H24N2O2/c1-5-9(2)14(3)10-6-7-12(13,8-10)11(15)16-4/h9-10H,5-8,13H2,1-4H3. The van der Waals surface area contributed by atoms with Crippen molar-refractivity contribution in [3.63, 3.8) is 0 Å². The second kappa shape index (κ2) is 5.15. The van der Waals surface area contributed by atoms with Crippen molar-refractivity contribution in [2.24, 2.45) is 5.73 Å². The molecule has 0 aromatic carbocycles. The summed E-state index contributed by atoms with van der Waals surface area (Å²) in [7, 11) is 3.52. The first-order valence-corrected chi connectivity index (χ1v) is 6.04. The number of carbonyl (C=O) groups excluding carboxylic acids is 1. The predicted molar refractivity (Wildman–Crippen MR) is 64.1 cm³/mol. The van der Waals surface area contributed by atoms with E-state index in [0.717, 1.165) is 19.3 Å². The highest BCUT2D eigenvalue weighted by molar-refractivity contribution is 5.81. The predicted octanol–water partition coefficient (Wildman–Crippen LogP) is 1.14. The Morgan fingerprint density at radius 2 is 2.31 bits per heavy atom. The molecule has 0 bridgehead atoms. The fourth-order valence-electron chi connectivity index (χ4n) is 2.43. The van der Waals surface area contributed by atoms with E-state index < -0.39 is 5.54 Å². The molecule has 1 rings (SSSR count). The van der Waals surface area contributed by atoms with Gasteiger partial charge in [0, 0.05) is 12.1 Å². The third-order valence-corrected chi connectivity index (χ3v) is 3.98. The van der Waals surface area contributed by atoms with Gasteiger partial charge in [0.2, 0.25) is 0 Å². The Labute approximate surface area is 98.1 Å². The normalized spacial score (nSPS) is 31.8. The number of rotatable bonds is 4. The molecule has 16 heavy (non-hydrogen) atoms. The number of carbonyl (C=O) groups is 1. The van der Waals surface area contributed by atoms with Gasteiger partial charge >= 0.3 is 5.97 Å². The number of esters is 1. The van der Waals surface area contributed by atoms with Crippen LogP contribution >= 0.6 is 0 Å². The SMILES string of the molecule is CCC(C)N(C)C1CCC(N)(C(=O)OC)C1. The van der Waals surface area contributed by atoms with E-state index in [4.69, 9.17) is 10.5 Å². The van der Waals surface area contributed by atoms with Crippen molar-refractivity contribution in [3.8, 4) is 0 Å². The van der Waals surface area contributed by atoms with E-state index in [2.05, 4.69) is 25.8 Å². The Balaban J connectivity index is 2.61. The van der Waals surface area contributed by atoms with Crippen molar-refractivity contribution in [2.75, 3.05) is 14.2 Å². The van der Waals surface area contributed by atoms with Crippen LogP contribution in [0, 0.1) is 0 Å². The lowest BCUT2D eigenvalue weighted by Crippen LogP contribution is -2.48. The molecule has 4 nitrogen and oxygen atoms in total. The largest absolute Gasteiger partial charge is 0.468 e. The van der Waals surface area contributed by atoms with Crippen molar-refractivity contribution in [1.82, 2.24) is 4.90 Å². The molecule has 0 aromatic rings. The molecular weight excluding hydrogens is 204 g/mol. The van der Waals surface area contributed by atoms with Gasteiger partial charge in [0.15, 0.2) is 0 Å². The smallest absolute Gasteiger partial charge is 0.325 e. The highest BCUT2D eigenvalue weighted by Gasteiger charge is 2.44. The molecule has 1 fully saturated rings. The van der Waals surface area contributed by atoms with Gasteiger partial charge in [0.05, 0.1) is 7.11 Å². The fraction of sp³-hybridized carbons (Fsp3) is 0.917. The zero-order valence-electron chi connectivity index (χ0n) is 10.8. The van der Waals surface area contributed by atoms with Crippen molar-refractivity contribution < 1.29 is 9.53 Å². The minimum atomic E-state index is -0.763.